The Labute approximate surface area is 93.3 Å². The summed E-state index contributed by atoms with van der Waals surface area (Å²) in [5.74, 6) is 0.662. The number of benzene rings is 1. The molecule has 1 aromatic heterocycles. The van der Waals surface area contributed by atoms with Crippen LogP contribution in [-0.2, 0) is 0 Å². The fourth-order valence-corrected chi connectivity index (χ4v) is 2.38. The van der Waals surface area contributed by atoms with Crippen molar-refractivity contribution in [3.8, 4) is 5.75 Å². The lowest BCUT2D eigenvalue weighted by Gasteiger charge is -2.23. The summed E-state index contributed by atoms with van der Waals surface area (Å²) >= 11 is 0. The van der Waals surface area contributed by atoms with E-state index in [4.69, 9.17) is 4.42 Å². The predicted molar refractivity (Wildman–Crippen MR) is 60.5 cm³/mol. The van der Waals surface area contributed by atoms with E-state index in [1.165, 1.54) is 6.39 Å². The number of phenolic OH excluding ortho intramolecular Hbond substituents is 1. The number of phenols is 1. The van der Waals surface area contributed by atoms with E-state index in [-0.39, 0.29) is 5.75 Å². The molecule has 0 spiro atoms. The van der Waals surface area contributed by atoms with E-state index in [0.717, 1.165) is 31.5 Å². The van der Waals surface area contributed by atoms with Crippen molar-refractivity contribution in [2.24, 2.45) is 0 Å². The highest BCUT2D eigenvalue weighted by Gasteiger charge is 2.20. The third-order valence-electron chi connectivity index (χ3n) is 3.24. The Balaban J connectivity index is 2.05. The summed E-state index contributed by atoms with van der Waals surface area (Å²) in [5.41, 5.74) is 2.20. The van der Waals surface area contributed by atoms with Crippen molar-refractivity contribution in [3.05, 3.63) is 24.1 Å². The van der Waals surface area contributed by atoms with Gasteiger partial charge in [0.25, 0.3) is 0 Å². The smallest absolute Gasteiger partial charge is 0.182 e. The van der Waals surface area contributed by atoms with Gasteiger partial charge in [0.1, 0.15) is 5.75 Å². The minimum atomic E-state index is 0.278. The molecule has 0 bridgehead atoms. The molecule has 3 rings (SSSR count). The summed E-state index contributed by atoms with van der Waals surface area (Å²) in [6.07, 6.45) is 3.64. The maximum Gasteiger partial charge on any atom is 0.182 e. The maximum absolute atomic E-state index is 10.1. The average molecular weight is 218 g/mol. The highest BCUT2D eigenvalue weighted by atomic mass is 16.3. The summed E-state index contributed by atoms with van der Waals surface area (Å²) in [4.78, 5) is 4.04. The van der Waals surface area contributed by atoms with Gasteiger partial charge in [0.2, 0.25) is 0 Å². The Morgan fingerprint density at radius 2 is 2.38 bits per heavy atom. The van der Waals surface area contributed by atoms with Crippen molar-refractivity contribution < 1.29 is 9.52 Å². The van der Waals surface area contributed by atoms with Gasteiger partial charge in [-0.25, -0.2) is 4.98 Å². The van der Waals surface area contributed by atoms with Gasteiger partial charge < -0.3 is 14.8 Å². The second-order valence-corrected chi connectivity index (χ2v) is 4.25. The molecule has 0 amide bonds. The first-order valence-electron chi connectivity index (χ1n) is 5.62. The van der Waals surface area contributed by atoms with Crippen LogP contribution in [0.5, 0.6) is 5.75 Å². The van der Waals surface area contributed by atoms with Crippen LogP contribution in [0.2, 0.25) is 0 Å². The van der Waals surface area contributed by atoms with Gasteiger partial charge in [-0.15, -0.1) is 0 Å². The number of aromatic nitrogens is 1. The molecule has 4 heteroatoms. The summed E-state index contributed by atoms with van der Waals surface area (Å²) in [6, 6.07) is 3.83. The second kappa shape index (κ2) is 3.79. The lowest BCUT2D eigenvalue weighted by Crippen LogP contribution is -2.28. The first-order chi connectivity index (χ1) is 7.86. The minimum Gasteiger partial charge on any atom is -0.505 e. The zero-order valence-electron chi connectivity index (χ0n) is 8.94. The number of nitrogens with zero attached hydrogens (tertiary/aromatic N) is 1. The lowest BCUT2D eigenvalue weighted by atomic mass is 9.91. The van der Waals surface area contributed by atoms with Gasteiger partial charge in [0.15, 0.2) is 17.5 Å². The Morgan fingerprint density at radius 1 is 1.44 bits per heavy atom. The van der Waals surface area contributed by atoms with E-state index in [2.05, 4.69) is 10.3 Å². The zero-order chi connectivity index (χ0) is 11.0. The first kappa shape index (κ1) is 9.66. The third-order valence-corrected chi connectivity index (χ3v) is 3.24. The summed E-state index contributed by atoms with van der Waals surface area (Å²) in [6.45, 7) is 2.00. The number of oxazole rings is 1. The van der Waals surface area contributed by atoms with Crippen LogP contribution in [0.15, 0.2) is 22.9 Å². The number of fused-ring (bicyclic) bond motifs is 1. The number of hydrogen-bond acceptors (Lipinski definition) is 4. The van der Waals surface area contributed by atoms with Crippen molar-refractivity contribution >= 4 is 11.1 Å². The van der Waals surface area contributed by atoms with Crippen LogP contribution >= 0.6 is 0 Å². The summed E-state index contributed by atoms with van der Waals surface area (Å²) < 4.78 is 5.15. The lowest BCUT2D eigenvalue weighted by molar-refractivity contribution is 0.428. The number of rotatable bonds is 1. The van der Waals surface area contributed by atoms with Crippen LogP contribution in [-0.4, -0.2) is 23.2 Å². The maximum atomic E-state index is 10.1. The highest BCUT2D eigenvalue weighted by molar-refractivity contribution is 5.80. The van der Waals surface area contributed by atoms with Crippen molar-refractivity contribution in [1.82, 2.24) is 10.3 Å². The fraction of sp³-hybridized carbons (Fsp3) is 0.417. The molecule has 1 fully saturated rings. The number of hydrogen-bond donors (Lipinski definition) is 2. The van der Waals surface area contributed by atoms with Gasteiger partial charge in [-0.2, -0.15) is 0 Å². The van der Waals surface area contributed by atoms with E-state index in [1.54, 1.807) is 0 Å². The molecule has 2 heterocycles. The minimum absolute atomic E-state index is 0.278. The molecule has 1 saturated heterocycles. The third kappa shape index (κ3) is 1.46. The van der Waals surface area contributed by atoms with Gasteiger partial charge in [0.05, 0.1) is 0 Å². The molecule has 16 heavy (non-hydrogen) atoms. The molecular formula is C12H14N2O2. The number of nitrogens with one attached hydrogen (secondary N) is 1. The Bertz CT molecular complexity index is 501. The van der Waals surface area contributed by atoms with E-state index in [9.17, 15) is 5.11 Å². The van der Waals surface area contributed by atoms with Crippen LogP contribution < -0.4 is 5.32 Å². The molecule has 1 atom stereocenters. The van der Waals surface area contributed by atoms with Gasteiger partial charge in [0, 0.05) is 18.0 Å². The van der Waals surface area contributed by atoms with Crippen LogP contribution in [0.3, 0.4) is 0 Å². The number of aromatic hydroxyl groups is 1. The molecule has 0 aliphatic carbocycles. The van der Waals surface area contributed by atoms with Crippen LogP contribution in [0.25, 0.3) is 11.1 Å². The zero-order valence-corrected chi connectivity index (χ0v) is 8.94. The summed E-state index contributed by atoms with van der Waals surface area (Å²) in [5, 5.41) is 13.5. The topological polar surface area (TPSA) is 58.3 Å². The van der Waals surface area contributed by atoms with Gasteiger partial charge in [-0.3, -0.25) is 0 Å². The second-order valence-electron chi connectivity index (χ2n) is 4.25. The monoisotopic (exact) mass is 218 g/mol. The van der Waals surface area contributed by atoms with Crippen molar-refractivity contribution in [2.75, 3.05) is 13.1 Å². The molecule has 1 aliphatic rings. The van der Waals surface area contributed by atoms with Crippen molar-refractivity contribution in [3.63, 3.8) is 0 Å². The van der Waals surface area contributed by atoms with E-state index in [0.29, 0.717) is 17.0 Å². The molecule has 1 aliphatic heterocycles. The van der Waals surface area contributed by atoms with Crippen molar-refractivity contribution in [2.45, 2.75) is 18.8 Å². The Morgan fingerprint density at radius 3 is 3.19 bits per heavy atom. The normalized spacial score (nSPS) is 21.4. The van der Waals surface area contributed by atoms with Gasteiger partial charge in [-0.1, -0.05) is 6.07 Å². The molecule has 4 nitrogen and oxygen atoms in total. The Hall–Kier alpha value is -1.55. The van der Waals surface area contributed by atoms with Crippen molar-refractivity contribution in [1.29, 1.82) is 0 Å². The van der Waals surface area contributed by atoms with Gasteiger partial charge in [-0.05, 0) is 25.5 Å². The molecule has 0 radical (unpaired) electrons. The van der Waals surface area contributed by atoms with Crippen LogP contribution in [0.1, 0.15) is 24.3 Å². The molecular weight excluding hydrogens is 204 g/mol. The molecule has 84 valence electrons. The number of piperidine rings is 1. The largest absolute Gasteiger partial charge is 0.505 e. The molecule has 1 unspecified atom stereocenters. The molecule has 0 saturated carbocycles. The van der Waals surface area contributed by atoms with Crippen LogP contribution in [0.4, 0.5) is 0 Å². The van der Waals surface area contributed by atoms with E-state index in [1.807, 2.05) is 12.1 Å². The Kier molecular flexibility index (Phi) is 2.29. The first-order valence-corrected chi connectivity index (χ1v) is 5.62. The standard InChI is InChI=1S/C12H14N2O2/c15-12-9(8-2-1-5-13-6-8)3-4-10-11(12)14-7-16-10/h3-4,7-8,13,15H,1-2,5-6H2. The van der Waals surface area contributed by atoms with E-state index < -0.39 is 0 Å². The average Bonchev–Trinajstić information content (AvgIpc) is 2.80. The quantitative estimate of drug-likeness (QED) is 0.768. The predicted octanol–water partition coefficient (Wildman–Crippen LogP) is 2.00. The SMILES string of the molecule is Oc1c(C2CCCNC2)ccc2ocnc12. The van der Waals surface area contributed by atoms with Gasteiger partial charge >= 0.3 is 0 Å². The molecule has 2 aromatic rings. The highest BCUT2D eigenvalue weighted by Crippen LogP contribution is 2.35. The molecule has 2 N–H and O–H groups in total. The van der Waals surface area contributed by atoms with Crippen LogP contribution in [0, 0.1) is 0 Å². The van der Waals surface area contributed by atoms with E-state index >= 15 is 0 Å². The molecule has 1 aromatic carbocycles. The summed E-state index contributed by atoms with van der Waals surface area (Å²) in [7, 11) is 0. The fourth-order valence-electron chi connectivity index (χ4n) is 2.38.